The van der Waals surface area contributed by atoms with Crippen molar-refractivity contribution in [2.45, 2.75) is 51.2 Å². The number of likely N-dealkylation sites (tertiary alicyclic amines) is 1. The van der Waals surface area contributed by atoms with Gasteiger partial charge in [0.15, 0.2) is 5.60 Å². The third kappa shape index (κ3) is 5.78. The first-order chi connectivity index (χ1) is 12.7. The Morgan fingerprint density at radius 2 is 1.96 bits per heavy atom. The number of nitrogens with one attached hydrogen (secondary N) is 1. The highest BCUT2D eigenvalue weighted by molar-refractivity contribution is 5.86. The molecule has 1 saturated heterocycles. The van der Waals surface area contributed by atoms with Crippen LogP contribution in [0.15, 0.2) is 24.3 Å². The Morgan fingerprint density at radius 1 is 1.30 bits per heavy atom. The van der Waals surface area contributed by atoms with Crippen molar-refractivity contribution < 1.29 is 14.7 Å². The highest BCUT2D eigenvalue weighted by Gasteiger charge is 2.41. The molecule has 27 heavy (non-hydrogen) atoms. The number of amides is 2. The first kappa shape index (κ1) is 21.4. The Labute approximate surface area is 162 Å². The Balaban J connectivity index is 1.90. The number of rotatable bonds is 8. The average Bonchev–Trinajstić information content (AvgIpc) is 2.63. The molecular formula is C21H33N3O3. The molecule has 150 valence electrons. The minimum atomic E-state index is -1.39. The van der Waals surface area contributed by atoms with Crippen molar-refractivity contribution in [3.63, 3.8) is 0 Å². The van der Waals surface area contributed by atoms with Gasteiger partial charge < -0.3 is 20.2 Å². The highest BCUT2D eigenvalue weighted by atomic mass is 16.3. The van der Waals surface area contributed by atoms with Crippen molar-refractivity contribution >= 4 is 11.8 Å². The van der Waals surface area contributed by atoms with E-state index in [0.717, 1.165) is 12.0 Å². The largest absolute Gasteiger partial charge is 0.379 e. The van der Waals surface area contributed by atoms with Gasteiger partial charge in [-0.05, 0) is 29.9 Å². The van der Waals surface area contributed by atoms with Gasteiger partial charge in [-0.3, -0.25) is 9.59 Å². The summed E-state index contributed by atoms with van der Waals surface area (Å²) in [6.07, 6.45) is 1.57. The van der Waals surface area contributed by atoms with Crippen LogP contribution < -0.4 is 5.32 Å². The van der Waals surface area contributed by atoms with Crippen LogP contribution in [0.2, 0.25) is 0 Å². The second-order valence-corrected chi connectivity index (χ2v) is 7.97. The molecule has 0 bridgehead atoms. The van der Waals surface area contributed by atoms with E-state index in [4.69, 9.17) is 0 Å². The lowest BCUT2D eigenvalue weighted by Gasteiger charge is -2.38. The quantitative estimate of drug-likeness (QED) is 0.679. The minimum Gasteiger partial charge on any atom is -0.379 e. The molecule has 6 heteroatoms. The second kappa shape index (κ2) is 9.33. The van der Waals surface area contributed by atoms with Crippen LogP contribution >= 0.6 is 0 Å². The SMILES string of the molecule is CC(C)c1ccc(CN2CCC[C@@](O)(CNCCC(=O)N(C)C)C2=O)cc1. The molecule has 0 saturated carbocycles. The number of hydrogen-bond donors (Lipinski definition) is 2. The summed E-state index contributed by atoms with van der Waals surface area (Å²) in [6, 6.07) is 8.32. The minimum absolute atomic E-state index is 0.0240. The summed E-state index contributed by atoms with van der Waals surface area (Å²) < 4.78 is 0. The maximum Gasteiger partial charge on any atom is 0.256 e. The van der Waals surface area contributed by atoms with Gasteiger partial charge in [0.05, 0.1) is 0 Å². The van der Waals surface area contributed by atoms with E-state index in [1.54, 1.807) is 19.0 Å². The third-order valence-corrected chi connectivity index (χ3v) is 5.16. The summed E-state index contributed by atoms with van der Waals surface area (Å²) in [5.41, 5.74) is 0.954. The van der Waals surface area contributed by atoms with Gasteiger partial charge in [0.1, 0.15) is 0 Å². The van der Waals surface area contributed by atoms with E-state index in [9.17, 15) is 14.7 Å². The molecule has 1 heterocycles. The molecule has 6 nitrogen and oxygen atoms in total. The van der Waals surface area contributed by atoms with Crippen molar-refractivity contribution in [2.24, 2.45) is 0 Å². The van der Waals surface area contributed by atoms with Crippen LogP contribution in [0.5, 0.6) is 0 Å². The monoisotopic (exact) mass is 375 g/mol. The normalized spacial score (nSPS) is 20.2. The molecule has 0 spiro atoms. The summed E-state index contributed by atoms with van der Waals surface area (Å²) in [5, 5.41) is 13.9. The van der Waals surface area contributed by atoms with E-state index in [2.05, 4.69) is 43.4 Å². The smallest absolute Gasteiger partial charge is 0.256 e. The molecule has 0 unspecified atom stereocenters. The van der Waals surface area contributed by atoms with Crippen LogP contribution in [-0.2, 0) is 16.1 Å². The Hall–Kier alpha value is -1.92. The molecule has 1 fully saturated rings. The van der Waals surface area contributed by atoms with E-state index in [1.807, 2.05) is 0 Å². The van der Waals surface area contributed by atoms with E-state index in [-0.39, 0.29) is 18.4 Å². The van der Waals surface area contributed by atoms with Crippen LogP contribution in [0.25, 0.3) is 0 Å². The number of nitrogens with zero attached hydrogens (tertiary/aromatic N) is 2. The van der Waals surface area contributed by atoms with Gasteiger partial charge in [-0.25, -0.2) is 0 Å². The molecule has 1 atom stereocenters. The zero-order chi connectivity index (χ0) is 20.0. The maximum atomic E-state index is 12.8. The number of carbonyl (C=O) groups is 2. The molecule has 2 rings (SSSR count). The van der Waals surface area contributed by atoms with Gasteiger partial charge in [0.2, 0.25) is 5.91 Å². The summed E-state index contributed by atoms with van der Waals surface area (Å²) in [4.78, 5) is 27.7. The lowest BCUT2D eigenvalue weighted by molar-refractivity contribution is -0.157. The van der Waals surface area contributed by atoms with Crippen molar-refractivity contribution in [1.82, 2.24) is 15.1 Å². The van der Waals surface area contributed by atoms with Gasteiger partial charge in [0.25, 0.3) is 5.91 Å². The van der Waals surface area contributed by atoms with Gasteiger partial charge >= 0.3 is 0 Å². The van der Waals surface area contributed by atoms with E-state index >= 15 is 0 Å². The Morgan fingerprint density at radius 3 is 2.56 bits per heavy atom. The van der Waals surface area contributed by atoms with Crippen LogP contribution in [0.4, 0.5) is 0 Å². The molecule has 1 aliphatic rings. The molecule has 2 amide bonds. The molecule has 0 radical (unpaired) electrons. The lowest BCUT2D eigenvalue weighted by Crippen LogP contribution is -2.57. The summed E-state index contributed by atoms with van der Waals surface area (Å²) in [7, 11) is 3.43. The molecule has 0 aliphatic carbocycles. The first-order valence-corrected chi connectivity index (χ1v) is 9.74. The fourth-order valence-electron chi connectivity index (χ4n) is 3.32. The summed E-state index contributed by atoms with van der Waals surface area (Å²) in [5.74, 6) is 0.273. The van der Waals surface area contributed by atoms with Crippen LogP contribution in [0.1, 0.15) is 50.2 Å². The van der Waals surface area contributed by atoms with Crippen LogP contribution in [0, 0.1) is 0 Å². The topological polar surface area (TPSA) is 72.9 Å². The molecular weight excluding hydrogens is 342 g/mol. The number of hydrogen-bond acceptors (Lipinski definition) is 4. The lowest BCUT2D eigenvalue weighted by atomic mass is 9.91. The zero-order valence-electron chi connectivity index (χ0n) is 17.0. The van der Waals surface area contributed by atoms with Crippen molar-refractivity contribution in [2.75, 3.05) is 33.7 Å². The van der Waals surface area contributed by atoms with Gasteiger partial charge in [-0.15, -0.1) is 0 Å². The Kier molecular flexibility index (Phi) is 7.39. The number of aliphatic hydroxyl groups is 1. The fraction of sp³-hybridized carbons (Fsp3) is 0.619. The number of piperidine rings is 1. The van der Waals surface area contributed by atoms with Crippen LogP contribution in [0.3, 0.4) is 0 Å². The molecule has 0 aromatic heterocycles. The number of carbonyl (C=O) groups excluding carboxylic acids is 2. The van der Waals surface area contributed by atoms with E-state index in [1.165, 1.54) is 10.5 Å². The zero-order valence-corrected chi connectivity index (χ0v) is 17.0. The first-order valence-electron chi connectivity index (χ1n) is 9.74. The van der Waals surface area contributed by atoms with E-state index < -0.39 is 5.60 Å². The molecule has 1 aliphatic heterocycles. The van der Waals surface area contributed by atoms with Crippen molar-refractivity contribution in [1.29, 1.82) is 0 Å². The fourth-order valence-corrected chi connectivity index (χ4v) is 3.32. The third-order valence-electron chi connectivity index (χ3n) is 5.16. The number of benzene rings is 1. The van der Waals surface area contributed by atoms with Gasteiger partial charge in [-0.1, -0.05) is 38.1 Å². The maximum absolute atomic E-state index is 12.8. The molecule has 1 aromatic carbocycles. The van der Waals surface area contributed by atoms with Gasteiger partial charge in [-0.2, -0.15) is 0 Å². The van der Waals surface area contributed by atoms with Crippen LogP contribution in [-0.4, -0.2) is 66.1 Å². The summed E-state index contributed by atoms with van der Waals surface area (Å²) in [6.45, 7) is 6.11. The molecule has 1 aromatic rings. The summed E-state index contributed by atoms with van der Waals surface area (Å²) >= 11 is 0. The second-order valence-electron chi connectivity index (χ2n) is 7.97. The highest BCUT2D eigenvalue weighted by Crippen LogP contribution is 2.24. The predicted molar refractivity (Wildman–Crippen MR) is 106 cm³/mol. The molecule has 2 N–H and O–H groups in total. The van der Waals surface area contributed by atoms with E-state index in [0.29, 0.717) is 38.4 Å². The van der Waals surface area contributed by atoms with Crippen molar-refractivity contribution in [3.05, 3.63) is 35.4 Å². The van der Waals surface area contributed by atoms with Gasteiger partial charge in [0, 0.05) is 46.7 Å². The standard InChI is InChI=1S/C21H33N3O3/c1-16(2)18-8-6-17(7-9-18)14-24-13-5-11-21(27,20(24)26)15-22-12-10-19(25)23(3)4/h6-9,16,22,27H,5,10-15H2,1-4H3/t21-/m1/s1. The van der Waals surface area contributed by atoms with Crippen molar-refractivity contribution in [3.8, 4) is 0 Å². The Bertz CT molecular complexity index is 643. The predicted octanol–water partition coefficient (Wildman–Crippen LogP) is 1.73. The average molecular weight is 376 g/mol.